The van der Waals surface area contributed by atoms with Gasteiger partial charge in [-0.2, -0.15) is 0 Å². The van der Waals surface area contributed by atoms with E-state index in [0.29, 0.717) is 0 Å². The van der Waals surface area contributed by atoms with Gasteiger partial charge in [0.2, 0.25) is 0 Å². The van der Waals surface area contributed by atoms with Gasteiger partial charge in [-0.05, 0) is 43.7 Å². The van der Waals surface area contributed by atoms with Gasteiger partial charge in [-0.1, -0.05) is 26.7 Å². The zero-order valence-electron chi connectivity index (χ0n) is 14.9. The van der Waals surface area contributed by atoms with E-state index in [1.807, 2.05) is 0 Å². The summed E-state index contributed by atoms with van der Waals surface area (Å²) in [5.74, 6) is 0. The van der Waals surface area contributed by atoms with Gasteiger partial charge in [-0.3, -0.25) is 4.90 Å². The van der Waals surface area contributed by atoms with Crippen LogP contribution in [0.25, 0.3) is 0 Å². The maximum Gasteiger partial charge on any atom is 0.0368 e. The number of rotatable bonds is 9. The second kappa shape index (κ2) is 9.78. The second-order valence-electron chi connectivity index (χ2n) is 6.66. The lowest BCUT2D eigenvalue weighted by molar-refractivity contribution is 0.258. The molecular formula is C19H34N4. The normalized spacial score (nSPS) is 17.3. The van der Waals surface area contributed by atoms with Crippen LogP contribution in [0.2, 0.25) is 0 Å². The standard InChI is InChI=1S/C19H34N4/c1-3-5-6-17(20)16-21-18-7-9-19(10-8-18)23-14-12-22(11-4-2)13-15-23/h7-10,17,21H,3-6,11-16,20H2,1-2H3. The van der Waals surface area contributed by atoms with Gasteiger partial charge in [-0.15, -0.1) is 0 Å². The molecule has 3 N–H and O–H groups in total. The van der Waals surface area contributed by atoms with E-state index in [0.717, 1.165) is 26.1 Å². The number of anilines is 2. The van der Waals surface area contributed by atoms with Crippen LogP contribution in [0, 0.1) is 0 Å². The molecule has 2 rings (SSSR count). The number of unbranched alkanes of at least 4 members (excludes halogenated alkanes) is 1. The Balaban J connectivity index is 1.76. The number of benzene rings is 1. The minimum absolute atomic E-state index is 0.251. The Morgan fingerprint density at radius 3 is 2.35 bits per heavy atom. The third-order valence-electron chi connectivity index (χ3n) is 4.64. The van der Waals surface area contributed by atoms with E-state index in [2.05, 4.69) is 53.2 Å². The first-order valence-corrected chi connectivity index (χ1v) is 9.29. The average molecular weight is 319 g/mol. The van der Waals surface area contributed by atoms with Crippen molar-refractivity contribution in [2.45, 2.75) is 45.6 Å². The van der Waals surface area contributed by atoms with E-state index < -0.39 is 0 Å². The molecule has 1 aromatic carbocycles. The molecule has 1 fully saturated rings. The predicted molar refractivity (Wildman–Crippen MR) is 101 cm³/mol. The third kappa shape index (κ3) is 6.04. The predicted octanol–water partition coefficient (Wildman–Crippen LogP) is 3.15. The van der Waals surface area contributed by atoms with Gasteiger partial charge >= 0.3 is 0 Å². The summed E-state index contributed by atoms with van der Waals surface area (Å²) in [6.45, 7) is 11.2. The molecule has 1 atom stereocenters. The first-order chi connectivity index (χ1) is 11.2. The third-order valence-corrected chi connectivity index (χ3v) is 4.64. The van der Waals surface area contributed by atoms with Crippen molar-refractivity contribution in [1.82, 2.24) is 4.90 Å². The molecule has 1 aliphatic heterocycles. The molecule has 1 heterocycles. The number of piperazine rings is 1. The first-order valence-electron chi connectivity index (χ1n) is 9.29. The molecule has 0 saturated carbocycles. The highest BCUT2D eigenvalue weighted by molar-refractivity contribution is 5.55. The largest absolute Gasteiger partial charge is 0.383 e. The smallest absolute Gasteiger partial charge is 0.0368 e. The summed E-state index contributed by atoms with van der Waals surface area (Å²) in [6.07, 6.45) is 4.78. The van der Waals surface area contributed by atoms with Crippen LogP contribution in [-0.4, -0.2) is 50.2 Å². The van der Waals surface area contributed by atoms with Gasteiger partial charge in [0.15, 0.2) is 0 Å². The highest BCUT2D eigenvalue weighted by Crippen LogP contribution is 2.19. The van der Waals surface area contributed by atoms with Gasteiger partial charge in [0.1, 0.15) is 0 Å². The molecule has 0 bridgehead atoms. The van der Waals surface area contributed by atoms with Gasteiger partial charge < -0.3 is 16.0 Å². The van der Waals surface area contributed by atoms with Crippen LogP contribution in [0.5, 0.6) is 0 Å². The Bertz CT molecular complexity index is 424. The number of hydrogen-bond acceptors (Lipinski definition) is 4. The Labute approximate surface area is 142 Å². The molecule has 1 aromatic rings. The van der Waals surface area contributed by atoms with Crippen LogP contribution in [0.1, 0.15) is 39.5 Å². The maximum atomic E-state index is 6.12. The lowest BCUT2D eigenvalue weighted by Crippen LogP contribution is -2.46. The van der Waals surface area contributed by atoms with E-state index in [-0.39, 0.29) is 6.04 Å². The minimum atomic E-state index is 0.251. The summed E-state index contributed by atoms with van der Waals surface area (Å²) >= 11 is 0. The zero-order valence-corrected chi connectivity index (χ0v) is 14.9. The molecule has 0 spiro atoms. The molecular weight excluding hydrogens is 284 g/mol. The van der Waals surface area contributed by atoms with Crippen molar-refractivity contribution < 1.29 is 0 Å². The van der Waals surface area contributed by atoms with Crippen LogP contribution in [0.3, 0.4) is 0 Å². The van der Waals surface area contributed by atoms with Gasteiger partial charge in [0.25, 0.3) is 0 Å². The SMILES string of the molecule is CCCCC(N)CNc1ccc(N2CCN(CCC)CC2)cc1. The summed E-state index contributed by atoms with van der Waals surface area (Å²) in [4.78, 5) is 5.05. The average Bonchev–Trinajstić information content (AvgIpc) is 2.59. The minimum Gasteiger partial charge on any atom is -0.383 e. The molecule has 1 aliphatic rings. The van der Waals surface area contributed by atoms with E-state index >= 15 is 0 Å². The summed E-state index contributed by atoms with van der Waals surface area (Å²) < 4.78 is 0. The van der Waals surface area contributed by atoms with Crippen molar-refractivity contribution in [2.75, 3.05) is 49.5 Å². The van der Waals surface area contributed by atoms with E-state index in [1.54, 1.807) is 0 Å². The van der Waals surface area contributed by atoms with Crippen LogP contribution >= 0.6 is 0 Å². The molecule has 23 heavy (non-hydrogen) atoms. The monoisotopic (exact) mass is 318 g/mol. The number of hydrogen-bond donors (Lipinski definition) is 2. The molecule has 0 aliphatic carbocycles. The molecule has 130 valence electrons. The Morgan fingerprint density at radius 1 is 1.04 bits per heavy atom. The topological polar surface area (TPSA) is 44.5 Å². The van der Waals surface area contributed by atoms with Crippen molar-refractivity contribution >= 4 is 11.4 Å². The summed E-state index contributed by atoms with van der Waals surface area (Å²) in [7, 11) is 0. The van der Waals surface area contributed by atoms with Crippen LogP contribution < -0.4 is 16.0 Å². The second-order valence-corrected chi connectivity index (χ2v) is 6.66. The highest BCUT2D eigenvalue weighted by atomic mass is 15.3. The molecule has 4 heteroatoms. The number of nitrogens with one attached hydrogen (secondary N) is 1. The fourth-order valence-electron chi connectivity index (χ4n) is 3.15. The first kappa shape index (κ1) is 18.1. The molecule has 0 radical (unpaired) electrons. The van der Waals surface area contributed by atoms with Crippen molar-refractivity contribution in [3.8, 4) is 0 Å². The Hall–Kier alpha value is -1.26. The number of nitrogens with zero attached hydrogens (tertiary/aromatic N) is 2. The van der Waals surface area contributed by atoms with Gasteiger partial charge in [0, 0.05) is 50.1 Å². The van der Waals surface area contributed by atoms with Crippen LogP contribution in [0.4, 0.5) is 11.4 Å². The lowest BCUT2D eigenvalue weighted by atomic mass is 10.1. The summed E-state index contributed by atoms with van der Waals surface area (Å²) in [5, 5.41) is 3.46. The molecule has 1 unspecified atom stereocenters. The Morgan fingerprint density at radius 2 is 1.74 bits per heavy atom. The highest BCUT2D eigenvalue weighted by Gasteiger charge is 2.16. The van der Waals surface area contributed by atoms with E-state index in [9.17, 15) is 0 Å². The van der Waals surface area contributed by atoms with Gasteiger partial charge in [-0.25, -0.2) is 0 Å². The molecule has 0 amide bonds. The fourth-order valence-corrected chi connectivity index (χ4v) is 3.15. The quantitative estimate of drug-likeness (QED) is 0.734. The van der Waals surface area contributed by atoms with Crippen molar-refractivity contribution in [3.63, 3.8) is 0 Å². The van der Waals surface area contributed by atoms with Crippen LogP contribution in [-0.2, 0) is 0 Å². The van der Waals surface area contributed by atoms with Crippen molar-refractivity contribution in [3.05, 3.63) is 24.3 Å². The van der Waals surface area contributed by atoms with Crippen LogP contribution in [0.15, 0.2) is 24.3 Å². The summed E-state index contributed by atoms with van der Waals surface area (Å²) in [6, 6.07) is 9.08. The van der Waals surface area contributed by atoms with E-state index in [4.69, 9.17) is 5.73 Å². The lowest BCUT2D eigenvalue weighted by Gasteiger charge is -2.36. The van der Waals surface area contributed by atoms with Crippen molar-refractivity contribution in [2.24, 2.45) is 5.73 Å². The summed E-state index contributed by atoms with van der Waals surface area (Å²) in [5.41, 5.74) is 8.62. The molecule has 1 saturated heterocycles. The maximum absolute atomic E-state index is 6.12. The number of nitrogens with two attached hydrogens (primary N) is 1. The Kier molecular flexibility index (Phi) is 7.69. The van der Waals surface area contributed by atoms with E-state index in [1.165, 1.54) is 50.3 Å². The zero-order chi connectivity index (χ0) is 16.5. The fraction of sp³-hybridized carbons (Fsp3) is 0.684. The van der Waals surface area contributed by atoms with Crippen molar-refractivity contribution in [1.29, 1.82) is 0 Å². The van der Waals surface area contributed by atoms with Gasteiger partial charge in [0.05, 0.1) is 0 Å². The molecule has 4 nitrogen and oxygen atoms in total. The molecule has 0 aromatic heterocycles.